The molecule has 0 bridgehead atoms. The number of rotatable bonds is 5. The second-order valence-corrected chi connectivity index (χ2v) is 7.08. The first kappa shape index (κ1) is 19.6. The molecule has 30 heavy (non-hydrogen) atoms. The molecule has 1 aromatic carbocycles. The maximum absolute atomic E-state index is 12.9. The van der Waals surface area contributed by atoms with Crippen LogP contribution in [0.2, 0.25) is 0 Å². The number of hydrogen-bond donors (Lipinski definition) is 1. The van der Waals surface area contributed by atoms with Gasteiger partial charge in [-0.25, -0.2) is 9.67 Å². The summed E-state index contributed by atoms with van der Waals surface area (Å²) >= 11 is 3.19. The number of pyridine rings is 1. The van der Waals surface area contributed by atoms with Crippen molar-refractivity contribution in [3.05, 3.63) is 89.2 Å². The average molecular weight is 466 g/mol. The van der Waals surface area contributed by atoms with Gasteiger partial charge < -0.3 is 14.6 Å². The van der Waals surface area contributed by atoms with Crippen LogP contribution in [-0.2, 0) is 0 Å². The molecule has 1 N–H and O–H groups in total. The smallest absolute Gasteiger partial charge is 0.293 e. The molecule has 4 rings (SSSR count). The van der Waals surface area contributed by atoms with Crippen molar-refractivity contribution in [1.82, 2.24) is 14.8 Å². The van der Waals surface area contributed by atoms with Crippen molar-refractivity contribution < 1.29 is 14.0 Å². The number of aromatic nitrogens is 3. The van der Waals surface area contributed by atoms with Crippen LogP contribution in [-0.4, -0.2) is 33.6 Å². The van der Waals surface area contributed by atoms with Crippen LogP contribution in [0.3, 0.4) is 0 Å². The molecule has 0 spiro atoms. The van der Waals surface area contributed by atoms with Gasteiger partial charge in [0.25, 0.3) is 11.8 Å². The van der Waals surface area contributed by atoms with E-state index in [1.54, 1.807) is 84.9 Å². The molecule has 0 atom stereocenters. The van der Waals surface area contributed by atoms with E-state index in [1.165, 1.54) is 4.90 Å². The third-order valence-corrected chi connectivity index (χ3v) is 4.77. The lowest BCUT2D eigenvalue weighted by molar-refractivity contribution is 0.0965. The number of amides is 2. The van der Waals surface area contributed by atoms with Crippen molar-refractivity contribution in [3.8, 4) is 5.82 Å². The molecular formula is C21H16BrN5O3. The maximum Gasteiger partial charge on any atom is 0.293 e. The van der Waals surface area contributed by atoms with E-state index in [2.05, 4.69) is 31.3 Å². The standard InChI is InChI=1S/C21H16BrN5O3/c1-26(21(29)17-8-9-18(22)30-17)16-6-3-2-5-15(16)20(28)25-14-7-10-19(23-13-14)27-12-4-11-24-27/h2-13H,1H3,(H,25,28). The van der Waals surface area contributed by atoms with Gasteiger partial charge in [0.05, 0.1) is 23.1 Å². The number of anilines is 2. The van der Waals surface area contributed by atoms with E-state index in [1.807, 2.05) is 0 Å². The first-order valence-corrected chi connectivity index (χ1v) is 9.72. The molecule has 150 valence electrons. The Morgan fingerprint density at radius 2 is 1.93 bits per heavy atom. The Kier molecular flexibility index (Phi) is 5.44. The summed E-state index contributed by atoms with van der Waals surface area (Å²) in [5.41, 5.74) is 1.32. The van der Waals surface area contributed by atoms with Gasteiger partial charge in [-0.15, -0.1) is 0 Å². The monoisotopic (exact) mass is 465 g/mol. The van der Waals surface area contributed by atoms with Gasteiger partial charge in [-0.3, -0.25) is 9.59 Å². The lowest BCUT2D eigenvalue weighted by atomic mass is 10.1. The molecule has 4 aromatic rings. The summed E-state index contributed by atoms with van der Waals surface area (Å²) in [6.45, 7) is 0. The Labute approximate surface area is 180 Å². The molecule has 0 aliphatic heterocycles. The fraction of sp³-hybridized carbons (Fsp3) is 0.0476. The minimum absolute atomic E-state index is 0.165. The molecule has 9 heteroatoms. The van der Waals surface area contributed by atoms with Gasteiger partial charge in [0, 0.05) is 19.4 Å². The van der Waals surface area contributed by atoms with Crippen molar-refractivity contribution in [3.63, 3.8) is 0 Å². The highest BCUT2D eigenvalue weighted by atomic mass is 79.9. The second kappa shape index (κ2) is 8.34. The Bertz CT molecular complexity index is 1190. The SMILES string of the molecule is CN(C(=O)c1ccc(Br)o1)c1ccccc1C(=O)Nc1ccc(-n2cccn2)nc1. The highest BCUT2D eigenvalue weighted by molar-refractivity contribution is 9.10. The van der Waals surface area contributed by atoms with Gasteiger partial charge in [0.15, 0.2) is 16.2 Å². The summed E-state index contributed by atoms with van der Waals surface area (Å²) in [5, 5.41) is 6.93. The number of nitrogens with zero attached hydrogens (tertiary/aromatic N) is 4. The number of carbonyl (C=O) groups is 2. The van der Waals surface area contributed by atoms with E-state index in [4.69, 9.17) is 4.42 Å². The number of hydrogen-bond acceptors (Lipinski definition) is 5. The Morgan fingerprint density at radius 1 is 1.10 bits per heavy atom. The molecule has 0 unspecified atom stereocenters. The van der Waals surface area contributed by atoms with Gasteiger partial charge in [0.1, 0.15) is 0 Å². The summed E-state index contributed by atoms with van der Waals surface area (Å²) < 4.78 is 7.41. The van der Waals surface area contributed by atoms with Crippen LogP contribution in [0.4, 0.5) is 11.4 Å². The molecule has 0 aliphatic carbocycles. The average Bonchev–Trinajstić information content (AvgIpc) is 3.45. The number of nitrogens with one attached hydrogen (secondary N) is 1. The number of para-hydroxylation sites is 1. The summed E-state index contributed by atoms with van der Waals surface area (Å²) in [5.74, 6) is 0.0667. The molecule has 0 aliphatic rings. The molecule has 3 aromatic heterocycles. The van der Waals surface area contributed by atoms with Crippen LogP contribution >= 0.6 is 15.9 Å². The van der Waals surface area contributed by atoms with Crippen LogP contribution in [0.25, 0.3) is 5.82 Å². The Morgan fingerprint density at radius 3 is 2.60 bits per heavy atom. The van der Waals surface area contributed by atoms with Gasteiger partial charge in [-0.2, -0.15) is 5.10 Å². The number of halogens is 1. The quantitative estimate of drug-likeness (QED) is 0.477. The normalized spacial score (nSPS) is 10.6. The molecule has 3 heterocycles. The third-order valence-electron chi connectivity index (χ3n) is 4.34. The fourth-order valence-electron chi connectivity index (χ4n) is 2.86. The van der Waals surface area contributed by atoms with Crippen molar-refractivity contribution in [2.24, 2.45) is 0 Å². The lowest BCUT2D eigenvalue weighted by Crippen LogP contribution is -2.28. The van der Waals surface area contributed by atoms with Crippen LogP contribution in [0.15, 0.2) is 82.3 Å². The van der Waals surface area contributed by atoms with Gasteiger partial charge in [0.2, 0.25) is 0 Å². The molecule has 0 fully saturated rings. The fourth-order valence-corrected chi connectivity index (χ4v) is 3.17. The van der Waals surface area contributed by atoms with Crippen LogP contribution in [0.5, 0.6) is 0 Å². The third kappa shape index (κ3) is 4.01. The topological polar surface area (TPSA) is 93.3 Å². The minimum Gasteiger partial charge on any atom is -0.444 e. The van der Waals surface area contributed by atoms with E-state index < -0.39 is 0 Å². The predicted octanol–water partition coefficient (Wildman–Crippen LogP) is 4.15. The maximum atomic E-state index is 12.9. The zero-order valence-electron chi connectivity index (χ0n) is 15.8. The van der Waals surface area contributed by atoms with Crippen LogP contribution in [0.1, 0.15) is 20.9 Å². The van der Waals surface area contributed by atoms with Crippen molar-refractivity contribution in [1.29, 1.82) is 0 Å². The van der Waals surface area contributed by atoms with Crippen molar-refractivity contribution >= 4 is 39.1 Å². The van der Waals surface area contributed by atoms with E-state index in [9.17, 15) is 9.59 Å². The number of carbonyl (C=O) groups excluding carboxylic acids is 2. The Hall–Kier alpha value is -3.72. The second-order valence-electron chi connectivity index (χ2n) is 6.29. The lowest BCUT2D eigenvalue weighted by Gasteiger charge is -2.19. The van der Waals surface area contributed by atoms with Gasteiger partial charge >= 0.3 is 0 Å². The van der Waals surface area contributed by atoms with Crippen molar-refractivity contribution in [2.45, 2.75) is 0 Å². The minimum atomic E-state index is -0.369. The highest BCUT2D eigenvalue weighted by Gasteiger charge is 2.22. The van der Waals surface area contributed by atoms with E-state index in [0.29, 0.717) is 27.4 Å². The van der Waals surface area contributed by atoms with E-state index in [0.717, 1.165) is 0 Å². The van der Waals surface area contributed by atoms with Gasteiger partial charge in [-0.05, 0) is 58.4 Å². The molecule has 8 nitrogen and oxygen atoms in total. The first-order valence-electron chi connectivity index (χ1n) is 8.93. The first-order chi connectivity index (χ1) is 14.5. The molecule has 0 radical (unpaired) electrons. The zero-order chi connectivity index (χ0) is 21.1. The highest BCUT2D eigenvalue weighted by Crippen LogP contribution is 2.24. The molecular weight excluding hydrogens is 450 g/mol. The summed E-state index contributed by atoms with van der Waals surface area (Å²) in [7, 11) is 1.59. The van der Waals surface area contributed by atoms with Crippen molar-refractivity contribution in [2.75, 3.05) is 17.3 Å². The Balaban J connectivity index is 1.54. The van der Waals surface area contributed by atoms with Crippen LogP contribution in [0, 0.1) is 0 Å². The summed E-state index contributed by atoms with van der Waals surface area (Å²) in [6.07, 6.45) is 4.99. The molecule has 2 amide bonds. The molecule has 0 saturated carbocycles. The summed E-state index contributed by atoms with van der Waals surface area (Å²) in [6, 6.07) is 15.3. The van der Waals surface area contributed by atoms with E-state index >= 15 is 0 Å². The zero-order valence-corrected chi connectivity index (χ0v) is 17.4. The molecule has 0 saturated heterocycles. The predicted molar refractivity (Wildman–Crippen MR) is 115 cm³/mol. The van der Waals surface area contributed by atoms with E-state index in [-0.39, 0.29) is 17.6 Å². The van der Waals surface area contributed by atoms with Gasteiger partial charge in [-0.1, -0.05) is 12.1 Å². The number of benzene rings is 1. The number of furan rings is 1. The largest absolute Gasteiger partial charge is 0.444 e. The van der Waals surface area contributed by atoms with Crippen LogP contribution < -0.4 is 10.2 Å². The summed E-state index contributed by atoms with van der Waals surface area (Å²) in [4.78, 5) is 31.3.